The molecule has 0 saturated heterocycles. The van der Waals surface area contributed by atoms with Crippen molar-refractivity contribution in [2.24, 2.45) is 5.92 Å². The van der Waals surface area contributed by atoms with E-state index in [1.54, 1.807) is 6.92 Å². The minimum atomic E-state index is -1.28. The smallest absolute Gasteiger partial charge is 0.329 e. The Morgan fingerprint density at radius 1 is 1.43 bits per heavy atom. The number of anilines is 1. The van der Waals surface area contributed by atoms with Gasteiger partial charge in [0, 0.05) is 5.69 Å². The molecule has 114 valence electrons. The largest absolute Gasteiger partial charge is 0.480 e. The topological polar surface area (TPSA) is 78.4 Å². The molecule has 1 aliphatic rings. The van der Waals surface area contributed by atoms with E-state index in [9.17, 15) is 19.1 Å². The van der Waals surface area contributed by atoms with Crippen LogP contribution in [0.2, 0.25) is 0 Å². The molecule has 1 fully saturated rings. The number of hydrogen-bond acceptors (Lipinski definition) is 2. The molecule has 1 aliphatic carbocycles. The zero-order valence-corrected chi connectivity index (χ0v) is 13.3. The zero-order chi connectivity index (χ0) is 15.8. The third kappa shape index (κ3) is 3.34. The first-order chi connectivity index (χ1) is 9.74. The molecule has 0 spiro atoms. The van der Waals surface area contributed by atoms with Crippen LogP contribution in [0, 0.1) is 18.7 Å². The number of carboxylic acid groups (broad SMARTS) is 1. The van der Waals surface area contributed by atoms with Crippen molar-refractivity contribution in [3.05, 3.63) is 28.0 Å². The van der Waals surface area contributed by atoms with E-state index in [2.05, 4.69) is 26.6 Å². The second-order valence-electron chi connectivity index (χ2n) is 5.44. The number of carbonyl (C=O) groups is 2. The molecule has 0 radical (unpaired) electrons. The number of benzene rings is 1. The quantitative estimate of drug-likeness (QED) is 0.772. The Kier molecular flexibility index (Phi) is 4.22. The molecule has 1 aromatic rings. The van der Waals surface area contributed by atoms with Crippen LogP contribution in [0.25, 0.3) is 0 Å². The van der Waals surface area contributed by atoms with Crippen LogP contribution in [0.1, 0.15) is 25.3 Å². The predicted molar refractivity (Wildman–Crippen MR) is 79.8 cm³/mol. The van der Waals surface area contributed by atoms with Gasteiger partial charge in [-0.25, -0.2) is 14.0 Å². The van der Waals surface area contributed by atoms with Gasteiger partial charge in [0.1, 0.15) is 11.4 Å². The summed E-state index contributed by atoms with van der Waals surface area (Å²) in [5.74, 6) is -1.54. The molecular weight excluding hydrogens is 343 g/mol. The monoisotopic (exact) mass is 358 g/mol. The van der Waals surface area contributed by atoms with Crippen molar-refractivity contribution in [1.29, 1.82) is 0 Å². The fourth-order valence-electron chi connectivity index (χ4n) is 2.16. The van der Waals surface area contributed by atoms with Gasteiger partial charge in [0.25, 0.3) is 0 Å². The molecule has 21 heavy (non-hydrogen) atoms. The van der Waals surface area contributed by atoms with Crippen molar-refractivity contribution < 1.29 is 19.1 Å². The van der Waals surface area contributed by atoms with Crippen molar-refractivity contribution in [2.45, 2.75) is 32.2 Å². The van der Waals surface area contributed by atoms with E-state index in [0.29, 0.717) is 11.3 Å². The third-order valence-corrected chi connectivity index (χ3v) is 4.33. The number of urea groups is 1. The minimum Gasteiger partial charge on any atom is -0.480 e. The number of carbonyl (C=O) groups excluding carboxylic acids is 1. The molecule has 2 rings (SSSR count). The molecule has 1 saturated carbocycles. The maximum atomic E-state index is 13.3. The number of amides is 2. The number of nitrogens with one attached hydrogen (secondary N) is 2. The Labute approximate surface area is 130 Å². The third-order valence-electron chi connectivity index (χ3n) is 3.73. The number of hydrogen-bond donors (Lipinski definition) is 3. The van der Waals surface area contributed by atoms with Gasteiger partial charge in [-0.3, -0.25) is 0 Å². The fraction of sp³-hybridized carbons (Fsp3) is 0.429. The van der Waals surface area contributed by atoms with Crippen LogP contribution in [0.3, 0.4) is 0 Å². The standard InChI is InChI=1S/C14H16BrFN2O3/c1-7-5-10(16)9(15)6-11(7)17-13(21)18-14(2,12(19)20)8-3-4-8/h5-6,8H,3-4H2,1-2H3,(H,19,20)(H2,17,18,21). The number of carboxylic acids is 1. The molecule has 1 unspecified atom stereocenters. The Balaban J connectivity index is 2.11. The van der Waals surface area contributed by atoms with Gasteiger partial charge in [0.2, 0.25) is 0 Å². The second kappa shape index (κ2) is 5.63. The fourth-order valence-corrected chi connectivity index (χ4v) is 2.50. The molecule has 0 aliphatic heterocycles. The SMILES string of the molecule is Cc1cc(F)c(Br)cc1NC(=O)NC(C)(C(=O)O)C1CC1. The lowest BCUT2D eigenvalue weighted by Crippen LogP contribution is -2.55. The van der Waals surface area contributed by atoms with Crippen molar-refractivity contribution in [3.63, 3.8) is 0 Å². The van der Waals surface area contributed by atoms with Crippen LogP contribution in [-0.2, 0) is 4.79 Å². The molecule has 5 nitrogen and oxygen atoms in total. The van der Waals surface area contributed by atoms with Gasteiger partial charge in [-0.05, 0) is 66.2 Å². The van der Waals surface area contributed by atoms with E-state index >= 15 is 0 Å². The van der Waals surface area contributed by atoms with Gasteiger partial charge >= 0.3 is 12.0 Å². The molecule has 0 bridgehead atoms. The van der Waals surface area contributed by atoms with Gasteiger partial charge < -0.3 is 15.7 Å². The Morgan fingerprint density at radius 3 is 2.57 bits per heavy atom. The summed E-state index contributed by atoms with van der Waals surface area (Å²) in [6.45, 7) is 3.16. The summed E-state index contributed by atoms with van der Waals surface area (Å²) in [5.41, 5.74) is -0.312. The molecule has 1 aromatic carbocycles. The van der Waals surface area contributed by atoms with E-state index in [-0.39, 0.29) is 10.4 Å². The average Bonchev–Trinajstić information content (AvgIpc) is 3.19. The molecule has 2 amide bonds. The van der Waals surface area contributed by atoms with E-state index < -0.39 is 23.4 Å². The lowest BCUT2D eigenvalue weighted by Gasteiger charge is -2.26. The summed E-state index contributed by atoms with van der Waals surface area (Å²) < 4.78 is 13.6. The number of rotatable bonds is 4. The van der Waals surface area contributed by atoms with Crippen LogP contribution in [0.5, 0.6) is 0 Å². The summed E-state index contributed by atoms with van der Waals surface area (Å²) >= 11 is 3.05. The first-order valence-electron chi connectivity index (χ1n) is 6.52. The Hall–Kier alpha value is -1.63. The summed E-state index contributed by atoms with van der Waals surface area (Å²) in [5, 5.41) is 14.4. The molecule has 0 heterocycles. The molecule has 7 heteroatoms. The normalized spacial score (nSPS) is 17.0. The van der Waals surface area contributed by atoms with E-state index in [4.69, 9.17) is 0 Å². The first-order valence-corrected chi connectivity index (χ1v) is 7.31. The highest BCUT2D eigenvalue weighted by Gasteiger charge is 2.48. The van der Waals surface area contributed by atoms with Crippen molar-refractivity contribution in [1.82, 2.24) is 5.32 Å². The van der Waals surface area contributed by atoms with Gasteiger partial charge in [-0.2, -0.15) is 0 Å². The molecule has 1 atom stereocenters. The van der Waals surface area contributed by atoms with Crippen LogP contribution >= 0.6 is 15.9 Å². The van der Waals surface area contributed by atoms with E-state index in [1.807, 2.05) is 0 Å². The van der Waals surface area contributed by atoms with Gasteiger partial charge in [0.15, 0.2) is 0 Å². The van der Waals surface area contributed by atoms with E-state index in [1.165, 1.54) is 19.1 Å². The summed E-state index contributed by atoms with van der Waals surface area (Å²) in [6.07, 6.45) is 1.56. The first kappa shape index (κ1) is 15.8. The van der Waals surface area contributed by atoms with Crippen molar-refractivity contribution in [3.8, 4) is 0 Å². The van der Waals surface area contributed by atoms with Crippen LogP contribution in [0.15, 0.2) is 16.6 Å². The Morgan fingerprint density at radius 2 is 2.05 bits per heavy atom. The molecule has 3 N–H and O–H groups in total. The van der Waals surface area contributed by atoms with Crippen LogP contribution in [0.4, 0.5) is 14.9 Å². The van der Waals surface area contributed by atoms with Gasteiger partial charge in [-0.1, -0.05) is 0 Å². The number of aryl methyl sites for hydroxylation is 1. The average molecular weight is 359 g/mol. The summed E-state index contributed by atoms with van der Waals surface area (Å²) in [4.78, 5) is 23.4. The van der Waals surface area contributed by atoms with Gasteiger partial charge in [0.05, 0.1) is 4.47 Å². The highest BCUT2D eigenvalue weighted by Crippen LogP contribution is 2.39. The summed E-state index contributed by atoms with van der Waals surface area (Å²) in [7, 11) is 0. The zero-order valence-electron chi connectivity index (χ0n) is 11.7. The second-order valence-corrected chi connectivity index (χ2v) is 6.30. The maximum absolute atomic E-state index is 13.3. The number of aliphatic carboxylic acids is 1. The highest BCUT2D eigenvalue weighted by molar-refractivity contribution is 9.10. The Bertz CT molecular complexity index is 604. The van der Waals surface area contributed by atoms with E-state index in [0.717, 1.165) is 12.8 Å². The minimum absolute atomic E-state index is 0.0539. The molecule has 0 aromatic heterocycles. The van der Waals surface area contributed by atoms with Gasteiger partial charge in [-0.15, -0.1) is 0 Å². The maximum Gasteiger partial charge on any atom is 0.329 e. The molecular formula is C14H16BrFN2O3. The van der Waals surface area contributed by atoms with Crippen molar-refractivity contribution >= 4 is 33.6 Å². The lowest BCUT2D eigenvalue weighted by atomic mass is 9.96. The summed E-state index contributed by atoms with van der Waals surface area (Å²) in [6, 6.07) is 2.12. The van der Waals surface area contributed by atoms with Crippen molar-refractivity contribution in [2.75, 3.05) is 5.32 Å². The lowest BCUT2D eigenvalue weighted by molar-refractivity contribution is -0.144. The highest BCUT2D eigenvalue weighted by atomic mass is 79.9. The van der Waals surface area contributed by atoms with Crippen LogP contribution in [-0.4, -0.2) is 22.6 Å². The number of halogens is 2. The van der Waals surface area contributed by atoms with Crippen LogP contribution < -0.4 is 10.6 Å². The predicted octanol–water partition coefficient (Wildman–Crippen LogP) is 3.27.